The van der Waals surface area contributed by atoms with Crippen molar-refractivity contribution >= 4 is 33.3 Å². The Bertz CT molecular complexity index is 754. The number of benzene rings is 1. The van der Waals surface area contributed by atoms with Gasteiger partial charge in [0.05, 0.1) is 24.1 Å². The number of pyridine rings is 1. The lowest BCUT2D eigenvalue weighted by Crippen LogP contribution is -2.45. The molecule has 25 heavy (non-hydrogen) atoms. The number of carbonyl (C=O) groups is 1. The van der Waals surface area contributed by atoms with Gasteiger partial charge in [-0.3, -0.25) is 4.79 Å². The summed E-state index contributed by atoms with van der Waals surface area (Å²) >= 11 is 3.45. The van der Waals surface area contributed by atoms with E-state index in [1.807, 2.05) is 37.3 Å². The van der Waals surface area contributed by atoms with Gasteiger partial charge in [0.1, 0.15) is 5.82 Å². The van der Waals surface area contributed by atoms with E-state index in [1.54, 1.807) is 6.20 Å². The molecule has 0 bridgehead atoms. The number of nitrogens with zero attached hydrogens (tertiary/aromatic N) is 2. The summed E-state index contributed by atoms with van der Waals surface area (Å²) in [7, 11) is 0. The highest BCUT2D eigenvalue weighted by atomic mass is 79.9. The number of aromatic nitrogens is 1. The second kappa shape index (κ2) is 7.54. The van der Waals surface area contributed by atoms with E-state index in [9.17, 15) is 4.79 Å². The van der Waals surface area contributed by atoms with Gasteiger partial charge in [0.25, 0.3) is 5.91 Å². The fourth-order valence-corrected chi connectivity index (χ4v) is 3.33. The molecule has 1 aromatic heterocycles. The molecule has 1 fully saturated rings. The highest BCUT2D eigenvalue weighted by Gasteiger charge is 2.23. The van der Waals surface area contributed by atoms with Crippen LogP contribution in [-0.2, 0) is 4.74 Å². The first-order chi connectivity index (χ1) is 11.9. The Hall–Kier alpha value is -1.92. The van der Waals surface area contributed by atoms with Gasteiger partial charge in [-0.25, -0.2) is 4.98 Å². The maximum atomic E-state index is 12.4. The third kappa shape index (κ3) is 4.38. The first-order valence-electron chi connectivity index (χ1n) is 8.36. The van der Waals surface area contributed by atoms with Crippen molar-refractivity contribution in [3.05, 3.63) is 52.1 Å². The maximum absolute atomic E-state index is 12.4. The van der Waals surface area contributed by atoms with Crippen molar-refractivity contribution in [2.75, 3.05) is 23.3 Å². The summed E-state index contributed by atoms with van der Waals surface area (Å²) in [5.74, 6) is 0.752. The van der Waals surface area contributed by atoms with Crippen LogP contribution in [0.4, 0.5) is 11.5 Å². The van der Waals surface area contributed by atoms with Gasteiger partial charge in [-0.05, 0) is 50.6 Å². The van der Waals surface area contributed by atoms with Gasteiger partial charge < -0.3 is 15.0 Å². The van der Waals surface area contributed by atoms with Gasteiger partial charge in [-0.1, -0.05) is 22.0 Å². The quantitative estimate of drug-likeness (QED) is 0.840. The van der Waals surface area contributed by atoms with Crippen LogP contribution < -0.4 is 10.2 Å². The summed E-state index contributed by atoms with van der Waals surface area (Å²) in [5, 5.41) is 2.89. The lowest BCUT2D eigenvalue weighted by Gasteiger charge is -2.36. The molecule has 6 heteroatoms. The zero-order valence-corrected chi connectivity index (χ0v) is 16.2. The van der Waals surface area contributed by atoms with E-state index in [2.05, 4.69) is 45.0 Å². The second-order valence-corrected chi connectivity index (χ2v) is 7.34. The SMILES string of the molecule is Cc1ccc(C(=O)Nc2ccc(N3CC(C)OC(C)C3)nc2)cc1Br. The van der Waals surface area contributed by atoms with Crippen LogP contribution in [0.3, 0.4) is 0 Å². The summed E-state index contributed by atoms with van der Waals surface area (Å²) in [4.78, 5) is 19.1. The van der Waals surface area contributed by atoms with E-state index >= 15 is 0 Å². The Morgan fingerprint density at radius 1 is 1.24 bits per heavy atom. The van der Waals surface area contributed by atoms with E-state index in [-0.39, 0.29) is 18.1 Å². The molecule has 0 aliphatic carbocycles. The Balaban J connectivity index is 1.68. The highest BCUT2D eigenvalue weighted by molar-refractivity contribution is 9.10. The number of rotatable bonds is 3. The summed E-state index contributed by atoms with van der Waals surface area (Å²) in [6.07, 6.45) is 2.07. The van der Waals surface area contributed by atoms with E-state index in [1.165, 1.54) is 0 Å². The molecule has 0 saturated carbocycles. The van der Waals surface area contributed by atoms with Gasteiger partial charge in [-0.2, -0.15) is 0 Å². The molecule has 0 spiro atoms. The number of amides is 1. The number of nitrogens with one attached hydrogen (secondary N) is 1. The van der Waals surface area contributed by atoms with Gasteiger partial charge in [0, 0.05) is 23.1 Å². The second-order valence-electron chi connectivity index (χ2n) is 6.49. The van der Waals surface area contributed by atoms with Crippen LogP contribution in [0.15, 0.2) is 41.0 Å². The molecule has 1 amide bonds. The van der Waals surface area contributed by atoms with Gasteiger partial charge in [0.15, 0.2) is 0 Å². The third-order valence-corrected chi connectivity index (χ3v) is 5.04. The topological polar surface area (TPSA) is 54.5 Å². The molecular weight excluding hydrogens is 382 g/mol. The molecule has 2 heterocycles. The molecule has 2 unspecified atom stereocenters. The van der Waals surface area contributed by atoms with Gasteiger partial charge in [-0.15, -0.1) is 0 Å². The molecule has 132 valence electrons. The molecular formula is C19H22BrN3O2. The number of hydrogen-bond donors (Lipinski definition) is 1. The monoisotopic (exact) mass is 403 g/mol. The lowest BCUT2D eigenvalue weighted by molar-refractivity contribution is -0.00545. The molecule has 1 aliphatic heterocycles. The van der Waals surface area contributed by atoms with Crippen LogP contribution in [0.2, 0.25) is 0 Å². The number of morpholine rings is 1. The number of hydrogen-bond acceptors (Lipinski definition) is 4. The minimum Gasteiger partial charge on any atom is -0.372 e. The number of carbonyl (C=O) groups excluding carboxylic acids is 1. The summed E-state index contributed by atoms with van der Waals surface area (Å²) < 4.78 is 6.67. The van der Waals surface area contributed by atoms with Crippen LogP contribution in [0, 0.1) is 6.92 Å². The zero-order chi connectivity index (χ0) is 18.0. The Morgan fingerprint density at radius 3 is 2.56 bits per heavy atom. The summed E-state index contributed by atoms with van der Waals surface area (Å²) in [5.41, 5.74) is 2.38. The molecule has 2 atom stereocenters. The van der Waals surface area contributed by atoms with Crippen molar-refractivity contribution < 1.29 is 9.53 Å². The summed E-state index contributed by atoms with van der Waals surface area (Å²) in [6.45, 7) is 7.76. The van der Waals surface area contributed by atoms with E-state index in [0.717, 1.165) is 28.9 Å². The minimum atomic E-state index is -0.149. The van der Waals surface area contributed by atoms with Gasteiger partial charge >= 0.3 is 0 Å². The average Bonchev–Trinajstić information content (AvgIpc) is 2.57. The van der Waals surface area contributed by atoms with Crippen LogP contribution in [0.25, 0.3) is 0 Å². The van der Waals surface area contributed by atoms with Crippen molar-refractivity contribution in [1.82, 2.24) is 4.98 Å². The molecule has 3 rings (SSSR count). The van der Waals surface area contributed by atoms with E-state index < -0.39 is 0 Å². The number of ether oxygens (including phenoxy) is 1. The van der Waals surface area contributed by atoms with E-state index in [4.69, 9.17) is 4.74 Å². The standard InChI is InChI=1S/C19H22BrN3O2/c1-12-4-5-15(8-17(12)20)19(24)22-16-6-7-18(21-9-16)23-10-13(2)25-14(3)11-23/h4-9,13-14H,10-11H2,1-3H3,(H,22,24). The fraction of sp³-hybridized carbons (Fsp3) is 0.368. The molecule has 0 radical (unpaired) electrons. The van der Waals surface area contributed by atoms with Crippen molar-refractivity contribution in [2.45, 2.75) is 33.0 Å². The van der Waals surface area contributed by atoms with Crippen molar-refractivity contribution in [3.8, 4) is 0 Å². The predicted molar refractivity (Wildman–Crippen MR) is 103 cm³/mol. The average molecular weight is 404 g/mol. The van der Waals surface area contributed by atoms with Crippen molar-refractivity contribution in [1.29, 1.82) is 0 Å². The van der Waals surface area contributed by atoms with Crippen molar-refractivity contribution in [2.24, 2.45) is 0 Å². The Morgan fingerprint density at radius 2 is 1.96 bits per heavy atom. The first kappa shape index (κ1) is 17.9. The Labute approximate surface area is 156 Å². The lowest BCUT2D eigenvalue weighted by atomic mass is 10.1. The number of aryl methyl sites for hydroxylation is 1. The molecule has 1 saturated heterocycles. The first-order valence-corrected chi connectivity index (χ1v) is 9.15. The number of halogens is 1. The number of anilines is 2. The minimum absolute atomic E-state index is 0.149. The van der Waals surface area contributed by atoms with Crippen LogP contribution >= 0.6 is 15.9 Å². The van der Waals surface area contributed by atoms with Crippen LogP contribution in [0.5, 0.6) is 0 Å². The zero-order valence-electron chi connectivity index (χ0n) is 14.6. The smallest absolute Gasteiger partial charge is 0.255 e. The molecule has 1 N–H and O–H groups in total. The molecule has 2 aromatic rings. The molecule has 1 aromatic carbocycles. The molecule has 5 nitrogen and oxygen atoms in total. The fourth-order valence-electron chi connectivity index (χ4n) is 2.95. The van der Waals surface area contributed by atoms with Crippen LogP contribution in [-0.4, -0.2) is 36.2 Å². The Kier molecular flexibility index (Phi) is 5.39. The maximum Gasteiger partial charge on any atom is 0.255 e. The third-order valence-electron chi connectivity index (χ3n) is 4.18. The summed E-state index contributed by atoms with van der Waals surface area (Å²) in [6, 6.07) is 9.37. The van der Waals surface area contributed by atoms with E-state index in [0.29, 0.717) is 11.3 Å². The predicted octanol–water partition coefficient (Wildman–Crippen LogP) is 4.02. The van der Waals surface area contributed by atoms with Crippen molar-refractivity contribution in [3.63, 3.8) is 0 Å². The van der Waals surface area contributed by atoms with Crippen LogP contribution in [0.1, 0.15) is 29.8 Å². The largest absolute Gasteiger partial charge is 0.372 e. The molecule has 1 aliphatic rings. The van der Waals surface area contributed by atoms with Gasteiger partial charge in [0.2, 0.25) is 0 Å². The highest BCUT2D eigenvalue weighted by Crippen LogP contribution is 2.21. The normalized spacial score (nSPS) is 20.4.